The van der Waals surface area contributed by atoms with Gasteiger partial charge in [-0.2, -0.15) is 4.99 Å². The average molecular weight is 293 g/mol. The lowest BCUT2D eigenvalue weighted by Crippen LogP contribution is -2.46. The van der Waals surface area contributed by atoms with Gasteiger partial charge in [0.05, 0.1) is 12.5 Å². The summed E-state index contributed by atoms with van der Waals surface area (Å²) in [5.41, 5.74) is 5.35. The van der Waals surface area contributed by atoms with Crippen molar-refractivity contribution >= 4 is 17.5 Å². The van der Waals surface area contributed by atoms with E-state index in [9.17, 15) is 9.59 Å². The number of hydrogen-bond donors (Lipinski definition) is 1. The summed E-state index contributed by atoms with van der Waals surface area (Å²) < 4.78 is 0. The van der Waals surface area contributed by atoms with E-state index < -0.39 is 5.41 Å². The van der Waals surface area contributed by atoms with Gasteiger partial charge in [-0.3, -0.25) is 14.5 Å². The molecule has 2 aliphatic rings. The highest BCUT2D eigenvalue weighted by molar-refractivity contribution is 6.06. The Bertz CT molecular complexity index is 447. The van der Waals surface area contributed by atoms with Crippen molar-refractivity contribution in [3.63, 3.8) is 0 Å². The minimum Gasteiger partial charge on any atom is -0.387 e. The van der Waals surface area contributed by atoms with E-state index in [4.69, 9.17) is 5.73 Å². The van der Waals surface area contributed by atoms with Crippen LogP contribution >= 0.6 is 0 Å². The van der Waals surface area contributed by atoms with Crippen molar-refractivity contribution in [2.75, 3.05) is 6.54 Å². The second kappa shape index (κ2) is 6.26. The number of amidine groups is 1. The molecule has 0 spiro atoms. The lowest BCUT2D eigenvalue weighted by Gasteiger charge is -2.37. The third kappa shape index (κ3) is 3.90. The van der Waals surface area contributed by atoms with Gasteiger partial charge in [0.1, 0.15) is 11.6 Å². The topological polar surface area (TPSA) is 75.8 Å². The van der Waals surface area contributed by atoms with Gasteiger partial charge in [-0.05, 0) is 32.2 Å². The average Bonchev–Trinajstić information content (AvgIpc) is 2.73. The predicted octanol–water partition coefficient (Wildman–Crippen LogP) is 1.89. The molecule has 2 fully saturated rings. The summed E-state index contributed by atoms with van der Waals surface area (Å²) in [4.78, 5) is 30.5. The van der Waals surface area contributed by atoms with E-state index in [-0.39, 0.29) is 30.0 Å². The Kier molecular flexibility index (Phi) is 4.81. The summed E-state index contributed by atoms with van der Waals surface area (Å²) in [6.07, 6.45) is 5.60. The van der Waals surface area contributed by atoms with Crippen molar-refractivity contribution in [3.8, 4) is 0 Å². The maximum Gasteiger partial charge on any atom is 0.264 e. The monoisotopic (exact) mass is 293 g/mol. The van der Waals surface area contributed by atoms with Gasteiger partial charge in [-0.25, -0.2) is 0 Å². The normalized spacial score (nSPS) is 24.9. The molecule has 0 aromatic carbocycles. The first-order valence-electron chi connectivity index (χ1n) is 7.95. The highest BCUT2D eigenvalue weighted by atomic mass is 16.2. The molecule has 1 heterocycles. The molecule has 21 heavy (non-hydrogen) atoms. The zero-order chi connectivity index (χ0) is 15.6. The number of carbonyl (C=O) groups is 2. The zero-order valence-electron chi connectivity index (χ0n) is 13.4. The molecule has 1 aliphatic carbocycles. The molecule has 5 heteroatoms. The molecule has 0 radical (unpaired) electrons. The van der Waals surface area contributed by atoms with E-state index in [1.54, 1.807) is 0 Å². The molecule has 2 rings (SSSR count). The van der Waals surface area contributed by atoms with E-state index in [0.29, 0.717) is 6.04 Å². The molecular weight excluding hydrogens is 266 g/mol. The van der Waals surface area contributed by atoms with Gasteiger partial charge in [0.15, 0.2) is 0 Å². The van der Waals surface area contributed by atoms with Crippen LogP contribution in [0.15, 0.2) is 4.99 Å². The molecule has 1 unspecified atom stereocenters. The van der Waals surface area contributed by atoms with Crippen LogP contribution in [0, 0.1) is 5.41 Å². The van der Waals surface area contributed by atoms with Gasteiger partial charge in [0.25, 0.3) is 5.91 Å². The van der Waals surface area contributed by atoms with Crippen LogP contribution in [0.5, 0.6) is 0 Å². The molecule has 0 aromatic heterocycles. The second-order valence-electron chi connectivity index (χ2n) is 7.27. The first-order chi connectivity index (χ1) is 9.79. The highest BCUT2D eigenvalue weighted by Gasteiger charge is 2.37. The summed E-state index contributed by atoms with van der Waals surface area (Å²) in [5, 5.41) is 0. The zero-order valence-corrected chi connectivity index (χ0v) is 13.4. The fourth-order valence-corrected chi connectivity index (χ4v) is 2.89. The number of carbonyl (C=O) groups excluding carboxylic acids is 2. The van der Waals surface area contributed by atoms with Crippen LogP contribution in [0.25, 0.3) is 0 Å². The summed E-state index contributed by atoms with van der Waals surface area (Å²) in [5.74, 6) is -0.00202. The number of rotatable bonds is 4. The van der Waals surface area contributed by atoms with Gasteiger partial charge in [-0.15, -0.1) is 0 Å². The van der Waals surface area contributed by atoms with Gasteiger partial charge in [0, 0.05) is 11.5 Å². The number of hydrogen-bond acceptors (Lipinski definition) is 3. The number of nitrogens with zero attached hydrogens (tertiary/aromatic N) is 2. The Balaban J connectivity index is 1.95. The number of Topliss-reactive ketones (excluding diaryl/α,β-unsaturated/α-hetero) is 1. The molecule has 1 amide bonds. The smallest absolute Gasteiger partial charge is 0.264 e. The largest absolute Gasteiger partial charge is 0.387 e. The highest BCUT2D eigenvalue weighted by Crippen LogP contribution is 2.31. The Hall–Kier alpha value is -1.23. The molecular formula is C16H27N3O2. The Morgan fingerprint density at radius 2 is 1.86 bits per heavy atom. The third-order valence-electron chi connectivity index (χ3n) is 4.55. The summed E-state index contributed by atoms with van der Waals surface area (Å²) in [6.45, 7) is 6.52. The van der Waals surface area contributed by atoms with E-state index in [2.05, 4.69) is 9.89 Å². The Labute approximate surface area is 127 Å². The van der Waals surface area contributed by atoms with Crippen molar-refractivity contribution in [2.24, 2.45) is 16.1 Å². The number of amides is 1. The van der Waals surface area contributed by atoms with Crippen LogP contribution in [0.3, 0.4) is 0 Å². The standard InChI is InChI=1S/C16H27N3O2/c1-16(2,3)13(20)10-14(17)18-15(21)12-8-5-9-19(12)11-6-4-7-11/h11-12H,4-10H2,1-3H3,(H2,17,18,21). The first kappa shape index (κ1) is 16.1. The predicted molar refractivity (Wildman–Crippen MR) is 83.1 cm³/mol. The first-order valence-corrected chi connectivity index (χ1v) is 7.95. The summed E-state index contributed by atoms with van der Waals surface area (Å²) in [6, 6.07) is 0.424. The number of nitrogens with two attached hydrogens (primary N) is 1. The molecule has 1 atom stereocenters. The minimum absolute atomic E-state index is 0.0128. The number of likely N-dealkylation sites (tertiary alicyclic amines) is 1. The van der Waals surface area contributed by atoms with Gasteiger partial charge < -0.3 is 5.73 Å². The van der Waals surface area contributed by atoms with Crippen molar-refractivity contribution in [1.82, 2.24) is 4.90 Å². The quantitative estimate of drug-likeness (QED) is 0.634. The molecule has 0 bridgehead atoms. The van der Waals surface area contributed by atoms with Crippen LogP contribution in [0.4, 0.5) is 0 Å². The SMILES string of the molecule is CC(C)(C)C(=O)CC(N)=NC(=O)C1CCCN1C1CCC1. The van der Waals surface area contributed by atoms with Crippen molar-refractivity contribution in [3.05, 3.63) is 0 Å². The van der Waals surface area contributed by atoms with Crippen LogP contribution in [0.1, 0.15) is 59.3 Å². The maximum atomic E-state index is 12.3. The van der Waals surface area contributed by atoms with Crippen LogP contribution in [-0.2, 0) is 9.59 Å². The Morgan fingerprint density at radius 3 is 2.38 bits per heavy atom. The van der Waals surface area contributed by atoms with E-state index in [1.165, 1.54) is 19.3 Å². The summed E-state index contributed by atoms with van der Waals surface area (Å²) >= 11 is 0. The molecule has 1 saturated heterocycles. The van der Waals surface area contributed by atoms with Crippen LogP contribution < -0.4 is 5.73 Å². The lowest BCUT2D eigenvalue weighted by molar-refractivity contribution is -0.125. The molecule has 118 valence electrons. The summed E-state index contributed by atoms with van der Waals surface area (Å²) in [7, 11) is 0. The number of aliphatic imine (C=N–C) groups is 1. The van der Waals surface area contributed by atoms with E-state index >= 15 is 0 Å². The van der Waals surface area contributed by atoms with Crippen molar-refractivity contribution in [1.29, 1.82) is 0 Å². The van der Waals surface area contributed by atoms with Gasteiger partial charge in [0.2, 0.25) is 0 Å². The van der Waals surface area contributed by atoms with Crippen LogP contribution in [-0.4, -0.2) is 41.1 Å². The molecule has 1 saturated carbocycles. The van der Waals surface area contributed by atoms with Crippen LogP contribution in [0.2, 0.25) is 0 Å². The second-order valence-corrected chi connectivity index (χ2v) is 7.27. The van der Waals surface area contributed by atoms with E-state index in [1.807, 2.05) is 20.8 Å². The number of ketones is 1. The van der Waals surface area contributed by atoms with Gasteiger partial charge >= 0.3 is 0 Å². The molecule has 1 aliphatic heterocycles. The minimum atomic E-state index is -0.450. The maximum absolute atomic E-state index is 12.3. The van der Waals surface area contributed by atoms with E-state index in [0.717, 1.165) is 19.4 Å². The molecule has 0 aromatic rings. The molecule has 2 N–H and O–H groups in total. The molecule has 5 nitrogen and oxygen atoms in total. The van der Waals surface area contributed by atoms with Crippen molar-refractivity contribution in [2.45, 2.75) is 71.4 Å². The van der Waals surface area contributed by atoms with Crippen molar-refractivity contribution < 1.29 is 9.59 Å². The van der Waals surface area contributed by atoms with Gasteiger partial charge in [-0.1, -0.05) is 27.2 Å². The Morgan fingerprint density at radius 1 is 1.19 bits per heavy atom. The third-order valence-corrected chi connectivity index (χ3v) is 4.55. The lowest BCUT2D eigenvalue weighted by atomic mass is 9.89. The fraction of sp³-hybridized carbons (Fsp3) is 0.812. The fourth-order valence-electron chi connectivity index (χ4n) is 2.89.